The molecule has 2 fully saturated rings. The fourth-order valence-corrected chi connectivity index (χ4v) is 4.00. The Kier molecular flexibility index (Phi) is 7.04. The van der Waals surface area contributed by atoms with E-state index in [1.807, 2.05) is 23.1 Å². The van der Waals surface area contributed by atoms with Crippen molar-refractivity contribution in [2.24, 2.45) is 5.92 Å². The maximum atomic E-state index is 12.7. The Hall–Kier alpha value is -2.15. The van der Waals surface area contributed by atoms with E-state index in [1.54, 1.807) is 18.2 Å². The van der Waals surface area contributed by atoms with Crippen LogP contribution in [0.5, 0.6) is 0 Å². The zero-order chi connectivity index (χ0) is 19.1. The number of aromatic nitrogens is 1. The minimum absolute atomic E-state index is 0.135. The molecule has 1 aliphatic carbocycles. The average Bonchev–Trinajstić information content (AvgIpc) is 3.33. The summed E-state index contributed by atoms with van der Waals surface area (Å²) in [5.41, 5.74) is 0.840. The van der Waals surface area contributed by atoms with Crippen molar-refractivity contribution in [2.75, 3.05) is 33.4 Å². The Labute approximate surface area is 161 Å². The Bertz CT molecular complexity index is 619. The first-order valence-electron chi connectivity index (χ1n) is 9.88. The van der Waals surface area contributed by atoms with Gasteiger partial charge in [-0.1, -0.05) is 18.9 Å². The van der Waals surface area contributed by atoms with Crippen LogP contribution in [0.4, 0.5) is 4.79 Å². The molecule has 1 atom stereocenters. The number of nitrogens with zero attached hydrogens (tertiary/aromatic N) is 3. The van der Waals surface area contributed by atoms with E-state index in [-0.39, 0.29) is 17.9 Å². The van der Waals surface area contributed by atoms with Gasteiger partial charge in [-0.2, -0.15) is 0 Å². The van der Waals surface area contributed by atoms with E-state index < -0.39 is 0 Å². The highest BCUT2D eigenvalue weighted by molar-refractivity contribution is 5.79. The number of hydrogen-bond donors (Lipinski definition) is 1. The number of pyridine rings is 1. The topological polar surface area (TPSA) is 74.8 Å². The van der Waals surface area contributed by atoms with Crippen LogP contribution in [0.15, 0.2) is 24.4 Å². The molecular formula is C20H30N4O3. The molecule has 1 aromatic rings. The van der Waals surface area contributed by atoms with E-state index in [9.17, 15) is 9.59 Å². The third-order valence-electron chi connectivity index (χ3n) is 5.48. The molecule has 27 heavy (non-hydrogen) atoms. The number of carbonyl (C=O) groups excluding carboxylic acids is 2. The Morgan fingerprint density at radius 3 is 2.89 bits per heavy atom. The van der Waals surface area contributed by atoms with Gasteiger partial charge in [-0.3, -0.25) is 9.78 Å². The molecule has 3 rings (SSSR count). The molecule has 1 saturated carbocycles. The maximum Gasteiger partial charge on any atom is 0.317 e. The molecule has 1 aromatic heterocycles. The summed E-state index contributed by atoms with van der Waals surface area (Å²) in [6.07, 6.45) is 6.95. The van der Waals surface area contributed by atoms with E-state index in [4.69, 9.17) is 4.74 Å². The Balaban J connectivity index is 1.50. The normalized spacial score (nSPS) is 20.3. The summed E-state index contributed by atoms with van der Waals surface area (Å²) in [6, 6.07) is 5.96. The molecule has 2 heterocycles. The van der Waals surface area contributed by atoms with Gasteiger partial charge in [0.25, 0.3) is 0 Å². The van der Waals surface area contributed by atoms with Crippen molar-refractivity contribution in [3.05, 3.63) is 30.1 Å². The number of rotatable bonds is 8. The first-order valence-corrected chi connectivity index (χ1v) is 9.88. The number of ether oxygens (including phenoxy) is 1. The first kappa shape index (κ1) is 19.6. The van der Waals surface area contributed by atoms with Crippen LogP contribution < -0.4 is 5.32 Å². The smallest absolute Gasteiger partial charge is 0.317 e. The van der Waals surface area contributed by atoms with Gasteiger partial charge < -0.3 is 19.9 Å². The fourth-order valence-electron chi connectivity index (χ4n) is 4.00. The second-order valence-electron chi connectivity index (χ2n) is 7.48. The van der Waals surface area contributed by atoms with Crippen LogP contribution in [-0.2, 0) is 16.1 Å². The van der Waals surface area contributed by atoms with Crippen molar-refractivity contribution < 1.29 is 14.3 Å². The Morgan fingerprint density at radius 1 is 1.37 bits per heavy atom. The third kappa shape index (κ3) is 5.42. The van der Waals surface area contributed by atoms with Gasteiger partial charge in [-0.15, -0.1) is 0 Å². The van der Waals surface area contributed by atoms with Crippen molar-refractivity contribution in [3.8, 4) is 0 Å². The number of likely N-dealkylation sites (tertiary alicyclic amines) is 1. The maximum absolute atomic E-state index is 12.7. The zero-order valence-electron chi connectivity index (χ0n) is 16.1. The summed E-state index contributed by atoms with van der Waals surface area (Å²) in [5, 5.41) is 3.01. The molecular weight excluding hydrogens is 344 g/mol. The van der Waals surface area contributed by atoms with Crippen molar-refractivity contribution in [3.63, 3.8) is 0 Å². The molecule has 0 spiro atoms. The zero-order valence-corrected chi connectivity index (χ0v) is 16.1. The van der Waals surface area contributed by atoms with Gasteiger partial charge in [0.05, 0.1) is 18.8 Å². The van der Waals surface area contributed by atoms with Gasteiger partial charge in [0.2, 0.25) is 5.91 Å². The highest BCUT2D eigenvalue weighted by Crippen LogP contribution is 2.29. The Morgan fingerprint density at radius 2 is 2.19 bits per heavy atom. The van der Waals surface area contributed by atoms with Crippen molar-refractivity contribution in [1.82, 2.24) is 20.1 Å². The van der Waals surface area contributed by atoms with Crippen LogP contribution in [0.25, 0.3) is 0 Å². The second kappa shape index (κ2) is 9.69. The van der Waals surface area contributed by atoms with E-state index in [2.05, 4.69) is 10.3 Å². The van der Waals surface area contributed by atoms with Gasteiger partial charge in [-0.05, 0) is 25.0 Å². The molecule has 7 nitrogen and oxygen atoms in total. The lowest BCUT2D eigenvalue weighted by Crippen LogP contribution is -2.43. The van der Waals surface area contributed by atoms with Crippen LogP contribution in [0.3, 0.4) is 0 Å². The molecule has 0 aromatic carbocycles. The summed E-state index contributed by atoms with van der Waals surface area (Å²) in [7, 11) is 1.62. The average molecular weight is 374 g/mol. The second-order valence-corrected chi connectivity index (χ2v) is 7.48. The van der Waals surface area contributed by atoms with Gasteiger partial charge in [0, 0.05) is 51.3 Å². The van der Waals surface area contributed by atoms with Crippen molar-refractivity contribution in [1.29, 1.82) is 0 Å². The van der Waals surface area contributed by atoms with E-state index >= 15 is 0 Å². The lowest BCUT2D eigenvalue weighted by atomic mass is 10.1. The number of nitrogens with one attached hydrogen (secondary N) is 1. The summed E-state index contributed by atoms with van der Waals surface area (Å²) in [4.78, 5) is 33.0. The molecule has 2 aliphatic rings. The molecule has 7 heteroatoms. The van der Waals surface area contributed by atoms with E-state index in [0.717, 1.165) is 25.1 Å². The predicted molar refractivity (Wildman–Crippen MR) is 102 cm³/mol. The summed E-state index contributed by atoms with van der Waals surface area (Å²) >= 11 is 0. The minimum Gasteiger partial charge on any atom is -0.383 e. The standard InChI is InChI=1S/C20H30N4O3/c1-27-11-10-23(15-17-6-4-5-9-21-17)20(26)22-13-16-12-19(25)24(14-16)18-7-2-3-8-18/h4-6,9,16,18H,2-3,7-8,10-15H2,1H3,(H,22,26). The number of carbonyl (C=O) groups is 2. The van der Waals surface area contributed by atoms with Crippen LogP contribution in [0.1, 0.15) is 37.8 Å². The SMILES string of the molecule is COCCN(Cc1ccccn1)C(=O)NCC1CC(=O)N(C2CCCC2)C1. The monoisotopic (exact) mass is 374 g/mol. The summed E-state index contributed by atoms with van der Waals surface area (Å²) < 4.78 is 5.13. The molecule has 1 unspecified atom stereocenters. The molecule has 0 radical (unpaired) electrons. The molecule has 1 aliphatic heterocycles. The van der Waals surface area contributed by atoms with Gasteiger partial charge in [0.1, 0.15) is 0 Å². The number of methoxy groups -OCH3 is 1. The van der Waals surface area contributed by atoms with Crippen LogP contribution in [-0.4, -0.2) is 66.1 Å². The van der Waals surface area contributed by atoms with E-state index in [1.165, 1.54) is 12.8 Å². The molecule has 148 valence electrons. The van der Waals surface area contributed by atoms with Crippen molar-refractivity contribution in [2.45, 2.75) is 44.7 Å². The number of urea groups is 1. The van der Waals surface area contributed by atoms with E-state index in [0.29, 0.717) is 38.7 Å². The predicted octanol–water partition coefficient (Wildman–Crippen LogP) is 2.03. The highest BCUT2D eigenvalue weighted by atomic mass is 16.5. The van der Waals surface area contributed by atoms with Gasteiger partial charge in [-0.25, -0.2) is 4.79 Å². The third-order valence-corrected chi connectivity index (χ3v) is 5.48. The van der Waals surface area contributed by atoms with Crippen LogP contribution in [0.2, 0.25) is 0 Å². The summed E-state index contributed by atoms with van der Waals surface area (Å²) in [5.74, 6) is 0.437. The number of amides is 3. The number of hydrogen-bond acceptors (Lipinski definition) is 4. The largest absolute Gasteiger partial charge is 0.383 e. The van der Waals surface area contributed by atoms with Crippen LogP contribution in [0, 0.1) is 5.92 Å². The van der Waals surface area contributed by atoms with Gasteiger partial charge in [0.15, 0.2) is 0 Å². The molecule has 1 N–H and O–H groups in total. The lowest BCUT2D eigenvalue weighted by molar-refractivity contribution is -0.129. The first-order chi connectivity index (χ1) is 13.2. The molecule has 0 bridgehead atoms. The summed E-state index contributed by atoms with van der Waals surface area (Å²) in [6.45, 7) is 2.70. The minimum atomic E-state index is -0.135. The quantitative estimate of drug-likeness (QED) is 0.756. The molecule has 1 saturated heterocycles. The van der Waals surface area contributed by atoms with Gasteiger partial charge >= 0.3 is 6.03 Å². The van der Waals surface area contributed by atoms with Crippen LogP contribution >= 0.6 is 0 Å². The van der Waals surface area contributed by atoms with Crippen molar-refractivity contribution >= 4 is 11.9 Å². The highest BCUT2D eigenvalue weighted by Gasteiger charge is 2.35. The molecule has 3 amide bonds. The fraction of sp³-hybridized carbons (Fsp3) is 0.650. The lowest BCUT2D eigenvalue weighted by Gasteiger charge is -2.25.